The monoisotopic (exact) mass is 280 g/mol. The van der Waals surface area contributed by atoms with Crippen molar-refractivity contribution in [2.75, 3.05) is 26.2 Å². The van der Waals surface area contributed by atoms with E-state index >= 15 is 0 Å². The summed E-state index contributed by atoms with van der Waals surface area (Å²) in [5.41, 5.74) is 1.93. The minimum absolute atomic E-state index is 0.107. The van der Waals surface area contributed by atoms with E-state index in [1.54, 1.807) is 6.07 Å². The molecule has 1 atom stereocenters. The van der Waals surface area contributed by atoms with Crippen LogP contribution in [0.25, 0.3) is 0 Å². The zero-order chi connectivity index (χ0) is 14.4. The van der Waals surface area contributed by atoms with Crippen LogP contribution in [0, 0.1) is 5.82 Å². The fourth-order valence-corrected chi connectivity index (χ4v) is 2.54. The van der Waals surface area contributed by atoms with Crippen molar-refractivity contribution in [2.45, 2.75) is 39.5 Å². The molecule has 1 N–H and O–H groups in total. The van der Waals surface area contributed by atoms with Crippen LogP contribution >= 0.6 is 0 Å². The lowest BCUT2D eigenvalue weighted by molar-refractivity contribution is -0.0327. The molecule has 0 aromatic heterocycles. The van der Waals surface area contributed by atoms with Gasteiger partial charge in [0.2, 0.25) is 0 Å². The molecule has 1 heterocycles. The largest absolute Gasteiger partial charge is 0.376 e. The van der Waals surface area contributed by atoms with Crippen LogP contribution in [-0.2, 0) is 17.8 Å². The van der Waals surface area contributed by atoms with E-state index < -0.39 is 0 Å². The van der Waals surface area contributed by atoms with Crippen molar-refractivity contribution in [3.63, 3.8) is 0 Å². The molecule has 0 spiro atoms. The number of hydrogen-bond acceptors (Lipinski definition) is 3. The van der Waals surface area contributed by atoms with Crippen LogP contribution in [0.1, 0.15) is 31.4 Å². The Labute approximate surface area is 121 Å². The SMILES string of the molecule is CCNCc1ccc(F)c(CN2CCOC(CC)C2)c1. The van der Waals surface area contributed by atoms with E-state index in [1.165, 1.54) is 0 Å². The van der Waals surface area contributed by atoms with Crippen LogP contribution in [0.15, 0.2) is 18.2 Å². The minimum atomic E-state index is -0.107. The van der Waals surface area contributed by atoms with E-state index in [9.17, 15) is 4.39 Å². The molecule has 0 aliphatic carbocycles. The summed E-state index contributed by atoms with van der Waals surface area (Å²) in [6.07, 6.45) is 1.30. The third-order valence-electron chi connectivity index (χ3n) is 3.76. The fraction of sp³-hybridized carbons (Fsp3) is 0.625. The Morgan fingerprint density at radius 1 is 1.40 bits per heavy atom. The van der Waals surface area contributed by atoms with Gasteiger partial charge in [0.05, 0.1) is 12.7 Å². The number of benzene rings is 1. The molecule has 1 aliphatic heterocycles. The summed E-state index contributed by atoms with van der Waals surface area (Å²) in [6.45, 7) is 9.12. The summed E-state index contributed by atoms with van der Waals surface area (Å²) in [4.78, 5) is 2.28. The number of hydrogen-bond donors (Lipinski definition) is 1. The summed E-state index contributed by atoms with van der Waals surface area (Å²) in [5, 5.41) is 3.27. The van der Waals surface area contributed by atoms with Crippen molar-refractivity contribution in [1.29, 1.82) is 0 Å². The van der Waals surface area contributed by atoms with Gasteiger partial charge in [-0.25, -0.2) is 4.39 Å². The standard InChI is InChI=1S/C16H25FN2O/c1-3-15-12-19(7-8-20-15)11-14-9-13(10-18-4-2)5-6-16(14)17/h5-6,9,15,18H,3-4,7-8,10-12H2,1-2H3. The van der Waals surface area contributed by atoms with E-state index in [2.05, 4.69) is 24.1 Å². The van der Waals surface area contributed by atoms with Gasteiger partial charge in [-0.3, -0.25) is 4.90 Å². The van der Waals surface area contributed by atoms with Crippen molar-refractivity contribution < 1.29 is 9.13 Å². The van der Waals surface area contributed by atoms with Gasteiger partial charge < -0.3 is 10.1 Å². The lowest BCUT2D eigenvalue weighted by atomic mass is 10.1. The third kappa shape index (κ3) is 4.27. The van der Waals surface area contributed by atoms with Crippen LogP contribution in [0.5, 0.6) is 0 Å². The molecule has 4 heteroatoms. The Kier molecular flexibility index (Phi) is 5.95. The van der Waals surface area contributed by atoms with Crippen LogP contribution < -0.4 is 5.32 Å². The minimum Gasteiger partial charge on any atom is -0.376 e. The van der Waals surface area contributed by atoms with Crippen LogP contribution in [0.3, 0.4) is 0 Å². The molecule has 1 fully saturated rings. The lowest BCUT2D eigenvalue weighted by Crippen LogP contribution is -2.41. The lowest BCUT2D eigenvalue weighted by Gasteiger charge is -2.32. The zero-order valence-electron chi connectivity index (χ0n) is 12.5. The van der Waals surface area contributed by atoms with E-state index in [0.717, 1.165) is 50.3 Å². The van der Waals surface area contributed by atoms with Gasteiger partial charge in [0.15, 0.2) is 0 Å². The fourth-order valence-electron chi connectivity index (χ4n) is 2.54. The number of rotatable bonds is 6. The van der Waals surface area contributed by atoms with Crippen molar-refractivity contribution in [3.05, 3.63) is 35.1 Å². The zero-order valence-corrected chi connectivity index (χ0v) is 12.5. The Bertz CT molecular complexity index is 425. The molecule has 1 unspecified atom stereocenters. The highest BCUT2D eigenvalue weighted by molar-refractivity contribution is 5.25. The molecule has 2 rings (SSSR count). The molecule has 0 saturated carbocycles. The first-order chi connectivity index (χ1) is 9.72. The molecule has 3 nitrogen and oxygen atoms in total. The molecule has 20 heavy (non-hydrogen) atoms. The highest BCUT2D eigenvalue weighted by atomic mass is 19.1. The predicted octanol–water partition coefficient (Wildman–Crippen LogP) is 2.55. The van der Waals surface area contributed by atoms with Gasteiger partial charge >= 0.3 is 0 Å². The predicted molar refractivity (Wildman–Crippen MR) is 79.1 cm³/mol. The molecule has 1 aliphatic rings. The molecular formula is C16H25FN2O. The quantitative estimate of drug-likeness (QED) is 0.866. The molecule has 1 aromatic rings. The molecule has 0 amide bonds. The Hall–Kier alpha value is -0.970. The normalized spacial score (nSPS) is 20.2. The van der Waals surface area contributed by atoms with Crippen LogP contribution in [0.2, 0.25) is 0 Å². The molecule has 0 bridgehead atoms. The average Bonchev–Trinajstić information content (AvgIpc) is 2.48. The van der Waals surface area contributed by atoms with E-state index in [1.807, 2.05) is 12.1 Å². The second-order valence-corrected chi connectivity index (χ2v) is 5.34. The van der Waals surface area contributed by atoms with E-state index in [0.29, 0.717) is 6.54 Å². The maximum atomic E-state index is 13.9. The average molecular weight is 280 g/mol. The molecule has 1 aromatic carbocycles. The number of morpholine rings is 1. The third-order valence-corrected chi connectivity index (χ3v) is 3.76. The highest BCUT2D eigenvalue weighted by Gasteiger charge is 2.19. The van der Waals surface area contributed by atoms with Crippen molar-refractivity contribution in [1.82, 2.24) is 10.2 Å². The van der Waals surface area contributed by atoms with Crippen molar-refractivity contribution in [3.8, 4) is 0 Å². The first-order valence-electron chi connectivity index (χ1n) is 7.55. The second kappa shape index (κ2) is 7.72. The molecule has 0 radical (unpaired) electrons. The Balaban J connectivity index is 2.00. The Morgan fingerprint density at radius 2 is 2.25 bits per heavy atom. The number of nitrogens with zero attached hydrogens (tertiary/aromatic N) is 1. The molecule has 1 saturated heterocycles. The maximum absolute atomic E-state index is 13.9. The molecular weight excluding hydrogens is 255 g/mol. The second-order valence-electron chi connectivity index (χ2n) is 5.34. The van der Waals surface area contributed by atoms with Gasteiger partial charge in [-0.15, -0.1) is 0 Å². The maximum Gasteiger partial charge on any atom is 0.127 e. The van der Waals surface area contributed by atoms with Crippen LogP contribution in [0.4, 0.5) is 4.39 Å². The van der Waals surface area contributed by atoms with E-state index in [-0.39, 0.29) is 11.9 Å². The first-order valence-corrected chi connectivity index (χ1v) is 7.55. The Morgan fingerprint density at radius 3 is 3.00 bits per heavy atom. The van der Waals surface area contributed by atoms with Gasteiger partial charge in [0, 0.05) is 31.7 Å². The van der Waals surface area contributed by atoms with Gasteiger partial charge in [-0.05, 0) is 24.6 Å². The van der Waals surface area contributed by atoms with Gasteiger partial charge in [0.25, 0.3) is 0 Å². The summed E-state index contributed by atoms with van der Waals surface area (Å²) in [7, 11) is 0. The highest BCUT2D eigenvalue weighted by Crippen LogP contribution is 2.16. The summed E-state index contributed by atoms with van der Waals surface area (Å²) >= 11 is 0. The molecule has 112 valence electrons. The topological polar surface area (TPSA) is 24.5 Å². The van der Waals surface area contributed by atoms with Gasteiger partial charge in [-0.1, -0.05) is 26.0 Å². The number of ether oxygens (including phenoxy) is 1. The summed E-state index contributed by atoms with van der Waals surface area (Å²) < 4.78 is 19.6. The number of halogens is 1. The first kappa shape index (κ1) is 15.4. The summed E-state index contributed by atoms with van der Waals surface area (Å²) in [6, 6.07) is 5.42. The van der Waals surface area contributed by atoms with Gasteiger partial charge in [-0.2, -0.15) is 0 Å². The smallest absolute Gasteiger partial charge is 0.127 e. The van der Waals surface area contributed by atoms with Gasteiger partial charge in [0.1, 0.15) is 5.82 Å². The van der Waals surface area contributed by atoms with Crippen LogP contribution in [-0.4, -0.2) is 37.2 Å². The van der Waals surface area contributed by atoms with E-state index in [4.69, 9.17) is 4.74 Å². The summed E-state index contributed by atoms with van der Waals surface area (Å²) in [5.74, 6) is -0.107. The number of nitrogens with one attached hydrogen (secondary N) is 1. The van der Waals surface area contributed by atoms with Crippen molar-refractivity contribution in [2.24, 2.45) is 0 Å². The van der Waals surface area contributed by atoms with Crippen molar-refractivity contribution >= 4 is 0 Å².